The van der Waals surface area contributed by atoms with Gasteiger partial charge in [0.05, 0.1) is 25.2 Å². The Bertz CT molecular complexity index is 637. The van der Waals surface area contributed by atoms with E-state index < -0.39 is 12.2 Å². The zero-order valence-corrected chi connectivity index (χ0v) is 17.9. The third kappa shape index (κ3) is 6.42. The smallest absolute Gasteiger partial charge is 0.305 e. The average molecular weight is 405 g/mol. The van der Waals surface area contributed by atoms with E-state index in [1.807, 2.05) is 12.2 Å². The Morgan fingerprint density at radius 2 is 2.14 bits per heavy atom. The topological polar surface area (TPSA) is 83.8 Å². The largest absolute Gasteiger partial charge is 0.469 e. The normalized spacial score (nSPS) is 26.6. The summed E-state index contributed by atoms with van der Waals surface area (Å²) in [4.78, 5) is 23.4. The maximum Gasteiger partial charge on any atom is 0.305 e. The average Bonchev–Trinajstić information content (AvgIpc) is 2.93. The number of unbranched alkanes of at least 4 members (excludes halogenated alkanes) is 1. The van der Waals surface area contributed by atoms with E-state index in [2.05, 4.69) is 23.5 Å². The van der Waals surface area contributed by atoms with Crippen molar-refractivity contribution in [2.24, 2.45) is 17.3 Å². The van der Waals surface area contributed by atoms with Crippen molar-refractivity contribution in [2.75, 3.05) is 7.11 Å². The van der Waals surface area contributed by atoms with Crippen molar-refractivity contribution in [3.05, 3.63) is 12.2 Å². The van der Waals surface area contributed by atoms with Crippen LogP contribution in [0.5, 0.6) is 0 Å². The summed E-state index contributed by atoms with van der Waals surface area (Å²) in [6.45, 7) is 2.15. The van der Waals surface area contributed by atoms with Gasteiger partial charge in [-0.3, -0.25) is 9.59 Å². The van der Waals surface area contributed by atoms with Crippen LogP contribution < -0.4 is 0 Å². The van der Waals surface area contributed by atoms with Gasteiger partial charge in [0.15, 0.2) is 0 Å². The maximum absolute atomic E-state index is 12.3. The summed E-state index contributed by atoms with van der Waals surface area (Å²) in [6.07, 6.45) is 11.1. The van der Waals surface area contributed by atoms with Crippen LogP contribution in [0, 0.1) is 29.1 Å². The molecule has 2 aliphatic carbocycles. The van der Waals surface area contributed by atoms with Gasteiger partial charge in [0, 0.05) is 25.2 Å². The number of hydrogen-bond acceptors (Lipinski definition) is 5. The highest BCUT2D eigenvalue weighted by Crippen LogP contribution is 2.48. The Kier molecular flexibility index (Phi) is 9.39. The van der Waals surface area contributed by atoms with Crippen molar-refractivity contribution in [3.63, 3.8) is 0 Å². The third-order valence-corrected chi connectivity index (χ3v) is 6.58. The quantitative estimate of drug-likeness (QED) is 0.252. The van der Waals surface area contributed by atoms with Gasteiger partial charge in [0.2, 0.25) is 0 Å². The summed E-state index contributed by atoms with van der Waals surface area (Å²) in [6, 6.07) is 0. The van der Waals surface area contributed by atoms with Crippen molar-refractivity contribution in [1.82, 2.24) is 0 Å². The van der Waals surface area contributed by atoms with E-state index in [9.17, 15) is 19.8 Å². The summed E-state index contributed by atoms with van der Waals surface area (Å²) in [7, 11) is 1.38. The Hall–Kier alpha value is -1.64. The molecule has 29 heavy (non-hydrogen) atoms. The zero-order chi connectivity index (χ0) is 21.3. The molecular formula is C24H36O5. The number of ketones is 1. The van der Waals surface area contributed by atoms with E-state index in [0.29, 0.717) is 25.7 Å². The van der Waals surface area contributed by atoms with Crippen LogP contribution >= 0.6 is 0 Å². The van der Waals surface area contributed by atoms with E-state index in [1.165, 1.54) is 13.5 Å². The second-order valence-electron chi connectivity index (χ2n) is 8.55. The van der Waals surface area contributed by atoms with Crippen LogP contribution in [0.1, 0.15) is 77.6 Å². The van der Waals surface area contributed by atoms with Gasteiger partial charge >= 0.3 is 5.97 Å². The molecule has 0 aliphatic heterocycles. The maximum atomic E-state index is 12.3. The van der Waals surface area contributed by atoms with Crippen LogP contribution in [0.3, 0.4) is 0 Å². The molecule has 2 N–H and O–H groups in total. The van der Waals surface area contributed by atoms with E-state index in [0.717, 1.165) is 32.1 Å². The number of hydrogen-bond donors (Lipinski definition) is 2. The lowest BCUT2D eigenvalue weighted by Gasteiger charge is -2.45. The van der Waals surface area contributed by atoms with Crippen molar-refractivity contribution >= 4 is 11.8 Å². The third-order valence-electron chi connectivity index (χ3n) is 6.58. The molecule has 0 amide bonds. The second-order valence-corrected chi connectivity index (χ2v) is 8.55. The molecule has 5 nitrogen and oxygen atoms in total. The molecule has 0 radical (unpaired) electrons. The molecule has 0 heterocycles. The minimum atomic E-state index is -0.724. The van der Waals surface area contributed by atoms with Crippen molar-refractivity contribution in [3.8, 4) is 11.8 Å². The molecule has 0 aromatic rings. The molecule has 2 aliphatic rings. The molecular weight excluding hydrogens is 368 g/mol. The van der Waals surface area contributed by atoms with Crippen molar-refractivity contribution in [1.29, 1.82) is 0 Å². The van der Waals surface area contributed by atoms with Gasteiger partial charge in [-0.05, 0) is 43.9 Å². The van der Waals surface area contributed by atoms with E-state index in [-0.39, 0.29) is 35.4 Å². The lowest BCUT2D eigenvalue weighted by molar-refractivity contribution is -0.140. The van der Waals surface area contributed by atoms with Gasteiger partial charge in [-0.15, -0.1) is 5.92 Å². The monoisotopic (exact) mass is 404 g/mol. The minimum absolute atomic E-state index is 0.0277. The molecule has 0 aromatic heterocycles. The predicted molar refractivity (Wildman–Crippen MR) is 112 cm³/mol. The molecule has 2 unspecified atom stereocenters. The number of methoxy groups -OCH3 is 1. The second kappa shape index (κ2) is 11.5. The number of aliphatic hydroxyl groups is 2. The van der Waals surface area contributed by atoms with Crippen molar-refractivity contribution in [2.45, 2.75) is 89.8 Å². The van der Waals surface area contributed by atoms with Gasteiger partial charge < -0.3 is 14.9 Å². The van der Waals surface area contributed by atoms with Gasteiger partial charge in [-0.1, -0.05) is 37.8 Å². The van der Waals surface area contributed by atoms with E-state index >= 15 is 0 Å². The predicted octanol–water partition coefficient (Wildman–Crippen LogP) is 3.57. The molecule has 0 spiro atoms. The summed E-state index contributed by atoms with van der Waals surface area (Å²) in [5.74, 6) is 5.37. The number of Topliss-reactive ketones (excluding diaryl/α,β-unsaturated/α-hetero) is 1. The molecule has 2 saturated carbocycles. The Morgan fingerprint density at radius 1 is 1.38 bits per heavy atom. The number of aliphatic hydroxyl groups excluding tert-OH is 2. The van der Waals surface area contributed by atoms with Crippen LogP contribution in [0.2, 0.25) is 0 Å². The standard InChI is InChI=1S/C24H36O5/c1-3-14-24(15-9-16-24)22(27)12-8-11-19-18(20(25)17-21(19)26)10-6-4-5-7-13-23(28)29-2/h4,6,18-19,21-22,26-27H,3,5,7,9-10,12-17H2,1-2H3/t18-,19?,21-,22?/m1/s1. The summed E-state index contributed by atoms with van der Waals surface area (Å²) in [5, 5.41) is 20.9. The van der Waals surface area contributed by atoms with Crippen LogP contribution in [0.4, 0.5) is 0 Å². The summed E-state index contributed by atoms with van der Waals surface area (Å²) < 4.78 is 4.61. The van der Waals surface area contributed by atoms with Gasteiger partial charge in [0.25, 0.3) is 0 Å². The Labute approximate surface area is 174 Å². The number of carbonyl (C=O) groups is 2. The molecule has 2 fully saturated rings. The number of ether oxygens (including phenoxy) is 1. The fourth-order valence-electron chi connectivity index (χ4n) is 4.62. The number of esters is 1. The summed E-state index contributed by atoms with van der Waals surface area (Å²) in [5.41, 5.74) is 0.0277. The molecule has 4 atom stereocenters. The van der Waals surface area contributed by atoms with Gasteiger partial charge in [-0.25, -0.2) is 0 Å². The van der Waals surface area contributed by atoms with Crippen LogP contribution in [0.15, 0.2) is 12.2 Å². The highest BCUT2D eigenvalue weighted by atomic mass is 16.5. The minimum Gasteiger partial charge on any atom is -0.469 e. The fourth-order valence-corrected chi connectivity index (χ4v) is 4.62. The Balaban J connectivity index is 1.85. The number of rotatable bonds is 10. The first-order valence-corrected chi connectivity index (χ1v) is 11.0. The van der Waals surface area contributed by atoms with Gasteiger partial charge in [-0.2, -0.15) is 0 Å². The number of carbonyl (C=O) groups excluding carboxylic acids is 2. The summed E-state index contributed by atoms with van der Waals surface area (Å²) >= 11 is 0. The SMILES string of the molecule is CCCC1(C(O)CC#CC2[C@H](O)CC(=O)[C@@H]2CC=CCCCC(=O)OC)CCC1. The molecule has 5 heteroatoms. The van der Waals surface area contributed by atoms with Crippen LogP contribution in [-0.2, 0) is 14.3 Å². The molecule has 0 saturated heterocycles. The Morgan fingerprint density at radius 3 is 2.76 bits per heavy atom. The molecule has 0 aromatic carbocycles. The lowest BCUT2D eigenvalue weighted by atomic mass is 9.62. The number of allylic oxidation sites excluding steroid dienone is 2. The highest BCUT2D eigenvalue weighted by molar-refractivity contribution is 5.85. The molecule has 162 valence electrons. The van der Waals surface area contributed by atoms with Crippen LogP contribution in [0.25, 0.3) is 0 Å². The molecule has 0 bridgehead atoms. The van der Waals surface area contributed by atoms with Gasteiger partial charge in [0.1, 0.15) is 5.78 Å². The zero-order valence-electron chi connectivity index (χ0n) is 17.9. The molecule has 2 rings (SSSR count). The highest BCUT2D eigenvalue weighted by Gasteiger charge is 2.42. The van der Waals surface area contributed by atoms with E-state index in [1.54, 1.807) is 0 Å². The van der Waals surface area contributed by atoms with Crippen molar-refractivity contribution < 1.29 is 24.5 Å². The lowest BCUT2D eigenvalue weighted by Crippen LogP contribution is -2.41. The first kappa shape index (κ1) is 23.6. The van der Waals surface area contributed by atoms with Crippen LogP contribution in [-0.4, -0.2) is 41.3 Å². The first-order chi connectivity index (χ1) is 13.9. The van der Waals surface area contributed by atoms with E-state index in [4.69, 9.17) is 0 Å². The first-order valence-electron chi connectivity index (χ1n) is 11.0. The fraction of sp³-hybridized carbons (Fsp3) is 0.750.